The highest BCUT2D eigenvalue weighted by molar-refractivity contribution is 6.30. The van der Waals surface area contributed by atoms with Crippen LogP contribution in [0.25, 0.3) is 0 Å². The molecular weight excluding hydrogens is 242 g/mol. The Morgan fingerprint density at radius 3 is 2.82 bits per heavy atom. The standard InChI is InChI=1S/C11H16ClN3O2/c1-15(2)5-6-17-10-7-8(12)3-4-9(10)11(13)14-16/h3-4,7,16H,5-6H2,1-2H3,(H2,13,14). The van der Waals surface area contributed by atoms with Crippen LogP contribution in [0.15, 0.2) is 23.4 Å². The number of ether oxygens (including phenoxy) is 1. The highest BCUT2D eigenvalue weighted by Crippen LogP contribution is 2.23. The SMILES string of the molecule is CN(C)CCOc1cc(Cl)ccc1C(N)=NO. The summed E-state index contributed by atoms with van der Waals surface area (Å²) < 4.78 is 5.55. The molecule has 0 bridgehead atoms. The zero-order valence-corrected chi connectivity index (χ0v) is 10.6. The molecule has 3 N–H and O–H groups in total. The van der Waals surface area contributed by atoms with Crippen molar-refractivity contribution in [1.29, 1.82) is 0 Å². The molecule has 0 aliphatic heterocycles. The van der Waals surface area contributed by atoms with Crippen molar-refractivity contribution in [3.05, 3.63) is 28.8 Å². The van der Waals surface area contributed by atoms with Crippen molar-refractivity contribution < 1.29 is 9.94 Å². The Labute approximate surface area is 105 Å². The lowest BCUT2D eigenvalue weighted by molar-refractivity contribution is 0.260. The maximum absolute atomic E-state index is 8.66. The molecule has 0 radical (unpaired) electrons. The van der Waals surface area contributed by atoms with Gasteiger partial charge in [-0.05, 0) is 32.3 Å². The van der Waals surface area contributed by atoms with Gasteiger partial charge in [-0.15, -0.1) is 0 Å². The summed E-state index contributed by atoms with van der Waals surface area (Å²) in [6, 6.07) is 4.96. The van der Waals surface area contributed by atoms with E-state index in [9.17, 15) is 0 Å². The Morgan fingerprint density at radius 1 is 1.53 bits per heavy atom. The largest absolute Gasteiger partial charge is 0.491 e. The van der Waals surface area contributed by atoms with Crippen LogP contribution in [0.5, 0.6) is 5.75 Å². The van der Waals surface area contributed by atoms with Crippen LogP contribution in [0.3, 0.4) is 0 Å². The average molecular weight is 258 g/mol. The lowest BCUT2D eigenvalue weighted by atomic mass is 10.2. The van der Waals surface area contributed by atoms with Crippen molar-refractivity contribution in [3.8, 4) is 5.75 Å². The van der Waals surface area contributed by atoms with Crippen LogP contribution >= 0.6 is 11.6 Å². The van der Waals surface area contributed by atoms with Crippen molar-refractivity contribution in [2.24, 2.45) is 10.9 Å². The first-order chi connectivity index (χ1) is 8.04. The number of benzene rings is 1. The highest BCUT2D eigenvalue weighted by atomic mass is 35.5. The van der Waals surface area contributed by atoms with Crippen LogP contribution in [0, 0.1) is 0 Å². The van der Waals surface area contributed by atoms with E-state index in [0.717, 1.165) is 6.54 Å². The second-order valence-corrected chi connectivity index (χ2v) is 4.21. The molecule has 0 fully saturated rings. The summed E-state index contributed by atoms with van der Waals surface area (Å²) in [6.07, 6.45) is 0. The summed E-state index contributed by atoms with van der Waals surface area (Å²) >= 11 is 5.87. The Hall–Kier alpha value is -1.46. The summed E-state index contributed by atoms with van der Waals surface area (Å²) in [6.45, 7) is 1.27. The van der Waals surface area contributed by atoms with E-state index in [1.807, 2.05) is 19.0 Å². The molecule has 5 nitrogen and oxygen atoms in total. The second kappa shape index (κ2) is 6.32. The fourth-order valence-electron chi connectivity index (χ4n) is 1.22. The number of halogens is 1. The molecule has 0 amide bonds. The summed E-state index contributed by atoms with van der Waals surface area (Å²) in [5.41, 5.74) is 6.07. The van der Waals surface area contributed by atoms with E-state index in [4.69, 9.17) is 27.3 Å². The van der Waals surface area contributed by atoms with Crippen LogP contribution in [0.4, 0.5) is 0 Å². The van der Waals surface area contributed by atoms with Crippen LogP contribution in [-0.2, 0) is 0 Å². The number of amidine groups is 1. The normalized spacial score (nSPS) is 11.9. The van der Waals surface area contributed by atoms with Gasteiger partial charge < -0.3 is 20.6 Å². The molecule has 0 aromatic heterocycles. The van der Waals surface area contributed by atoms with Gasteiger partial charge in [-0.1, -0.05) is 16.8 Å². The highest BCUT2D eigenvalue weighted by Gasteiger charge is 2.09. The third-order valence-corrected chi connectivity index (χ3v) is 2.36. The van der Waals surface area contributed by atoms with Crippen molar-refractivity contribution in [3.63, 3.8) is 0 Å². The van der Waals surface area contributed by atoms with E-state index in [0.29, 0.717) is 22.9 Å². The lowest BCUT2D eigenvalue weighted by Gasteiger charge is -2.13. The molecule has 0 saturated carbocycles. The maximum atomic E-state index is 8.66. The van der Waals surface area contributed by atoms with Gasteiger partial charge in [-0.2, -0.15) is 0 Å². The number of hydrogen-bond acceptors (Lipinski definition) is 4. The Bertz CT molecular complexity index is 408. The third-order valence-electron chi connectivity index (χ3n) is 2.12. The number of rotatable bonds is 5. The molecule has 0 saturated heterocycles. The van der Waals surface area contributed by atoms with Crippen LogP contribution in [-0.4, -0.2) is 43.2 Å². The Kier molecular flexibility index (Phi) is 5.06. The minimum atomic E-state index is 0.00141. The van der Waals surface area contributed by atoms with E-state index < -0.39 is 0 Å². The van der Waals surface area contributed by atoms with Gasteiger partial charge in [0.05, 0.1) is 5.56 Å². The number of nitrogens with two attached hydrogens (primary N) is 1. The van der Waals surface area contributed by atoms with Crippen LogP contribution < -0.4 is 10.5 Å². The molecule has 1 rings (SSSR count). The predicted molar refractivity (Wildman–Crippen MR) is 68.0 cm³/mol. The number of hydrogen-bond donors (Lipinski definition) is 2. The van der Waals surface area contributed by atoms with Gasteiger partial charge in [0.2, 0.25) is 0 Å². The fourth-order valence-corrected chi connectivity index (χ4v) is 1.38. The molecule has 94 valence electrons. The van der Waals surface area contributed by atoms with Gasteiger partial charge in [0.25, 0.3) is 0 Å². The monoisotopic (exact) mass is 257 g/mol. The van der Waals surface area contributed by atoms with E-state index in [1.54, 1.807) is 18.2 Å². The smallest absolute Gasteiger partial charge is 0.173 e. The number of likely N-dealkylation sites (N-methyl/N-ethyl adjacent to an activating group) is 1. The number of oxime groups is 1. The molecule has 0 heterocycles. The Morgan fingerprint density at radius 2 is 2.24 bits per heavy atom. The summed E-state index contributed by atoms with van der Waals surface area (Å²) in [7, 11) is 3.90. The van der Waals surface area contributed by atoms with Crippen molar-refractivity contribution in [1.82, 2.24) is 4.90 Å². The van der Waals surface area contributed by atoms with Gasteiger partial charge in [-0.3, -0.25) is 0 Å². The first-order valence-electron chi connectivity index (χ1n) is 5.09. The third kappa shape index (κ3) is 4.13. The summed E-state index contributed by atoms with van der Waals surface area (Å²) in [4.78, 5) is 1.99. The quantitative estimate of drug-likeness (QED) is 0.362. The zero-order chi connectivity index (χ0) is 12.8. The van der Waals surface area contributed by atoms with Crippen LogP contribution in [0.2, 0.25) is 5.02 Å². The molecule has 0 unspecified atom stereocenters. The average Bonchev–Trinajstić information content (AvgIpc) is 2.28. The topological polar surface area (TPSA) is 71.1 Å². The van der Waals surface area contributed by atoms with Gasteiger partial charge >= 0.3 is 0 Å². The van der Waals surface area contributed by atoms with Gasteiger partial charge in [0, 0.05) is 11.6 Å². The Balaban J connectivity index is 2.84. The van der Waals surface area contributed by atoms with Crippen molar-refractivity contribution in [2.45, 2.75) is 0 Å². The fraction of sp³-hybridized carbons (Fsp3) is 0.364. The molecular formula is C11H16ClN3O2. The maximum Gasteiger partial charge on any atom is 0.173 e. The van der Waals surface area contributed by atoms with Crippen LogP contribution in [0.1, 0.15) is 5.56 Å². The second-order valence-electron chi connectivity index (χ2n) is 3.78. The molecule has 1 aromatic carbocycles. The first-order valence-corrected chi connectivity index (χ1v) is 5.47. The molecule has 1 aromatic rings. The number of nitrogens with zero attached hydrogens (tertiary/aromatic N) is 2. The molecule has 6 heteroatoms. The summed E-state index contributed by atoms with van der Waals surface area (Å²) in [5, 5.41) is 12.2. The van der Waals surface area contributed by atoms with Gasteiger partial charge in [0.1, 0.15) is 12.4 Å². The molecule has 0 atom stereocenters. The van der Waals surface area contributed by atoms with E-state index >= 15 is 0 Å². The molecule has 0 spiro atoms. The minimum Gasteiger partial charge on any atom is -0.491 e. The minimum absolute atomic E-state index is 0.00141. The van der Waals surface area contributed by atoms with Gasteiger partial charge in [-0.25, -0.2) is 0 Å². The van der Waals surface area contributed by atoms with E-state index in [1.165, 1.54) is 0 Å². The van der Waals surface area contributed by atoms with E-state index in [-0.39, 0.29) is 5.84 Å². The molecule has 17 heavy (non-hydrogen) atoms. The lowest BCUT2D eigenvalue weighted by Crippen LogP contribution is -2.21. The molecule has 0 aliphatic rings. The van der Waals surface area contributed by atoms with Crippen molar-refractivity contribution in [2.75, 3.05) is 27.2 Å². The predicted octanol–water partition coefficient (Wildman–Crippen LogP) is 1.37. The molecule has 0 aliphatic carbocycles. The van der Waals surface area contributed by atoms with E-state index in [2.05, 4.69) is 5.16 Å². The first kappa shape index (κ1) is 13.6. The summed E-state index contributed by atoms with van der Waals surface area (Å²) in [5.74, 6) is 0.510. The van der Waals surface area contributed by atoms with Crippen molar-refractivity contribution >= 4 is 17.4 Å². The zero-order valence-electron chi connectivity index (χ0n) is 9.85. The van der Waals surface area contributed by atoms with Gasteiger partial charge in [0.15, 0.2) is 5.84 Å².